The van der Waals surface area contributed by atoms with Crippen molar-refractivity contribution in [2.24, 2.45) is 0 Å². The first-order valence-electron chi connectivity index (χ1n) is 7.47. The first kappa shape index (κ1) is 17.3. The van der Waals surface area contributed by atoms with Crippen LogP contribution in [0.1, 0.15) is 47.1 Å². The van der Waals surface area contributed by atoms with Crippen molar-refractivity contribution in [2.75, 3.05) is 0 Å². The summed E-state index contributed by atoms with van der Waals surface area (Å²) in [7, 11) is 0. The molecular weight excluding hydrogens is 306 g/mol. The smallest absolute Gasteiger partial charge is 0.252 e. The van der Waals surface area contributed by atoms with E-state index in [2.05, 4.69) is 5.32 Å². The molecule has 0 atom stereocenters. The van der Waals surface area contributed by atoms with Gasteiger partial charge in [-0.1, -0.05) is 42.0 Å². The van der Waals surface area contributed by atoms with Gasteiger partial charge in [-0.15, -0.1) is 0 Å². The van der Waals surface area contributed by atoms with Gasteiger partial charge < -0.3 is 5.32 Å². The number of nitrogens with one attached hydrogen (secondary N) is 1. The van der Waals surface area contributed by atoms with Gasteiger partial charge in [0.15, 0.2) is 0 Å². The molecule has 0 aliphatic heterocycles. The van der Waals surface area contributed by atoms with Crippen molar-refractivity contribution in [1.29, 1.82) is 0 Å². The maximum atomic E-state index is 12.4. The lowest BCUT2D eigenvalue weighted by molar-refractivity contribution is 0.0916. The summed E-state index contributed by atoms with van der Waals surface area (Å²) >= 11 is 1.08. The van der Waals surface area contributed by atoms with Crippen LogP contribution in [0.3, 0.4) is 0 Å². The highest BCUT2D eigenvalue weighted by atomic mass is 32.2. The van der Waals surface area contributed by atoms with Crippen LogP contribution in [0.25, 0.3) is 0 Å². The van der Waals surface area contributed by atoms with Crippen LogP contribution in [0.5, 0.6) is 0 Å². The van der Waals surface area contributed by atoms with E-state index in [1.165, 1.54) is 0 Å². The largest absolute Gasteiger partial charge is 0.347 e. The average Bonchev–Trinajstić information content (AvgIpc) is 2.46. The normalized spacial score (nSPS) is 11.1. The maximum absolute atomic E-state index is 12.4. The molecule has 0 aliphatic carbocycles. The zero-order valence-electron chi connectivity index (χ0n) is 13.8. The second kappa shape index (κ2) is 7.01. The van der Waals surface area contributed by atoms with Crippen LogP contribution in [0.4, 0.5) is 0 Å². The lowest BCUT2D eigenvalue weighted by atomic mass is 10.1. The lowest BCUT2D eigenvalue weighted by Crippen LogP contribution is -2.40. The SMILES string of the molecule is Cc1ccc(C(=O)Sc2ccccc2C(=O)NC(C)(C)C)cc1. The number of thioether (sulfide) groups is 1. The third-order valence-corrected chi connectivity index (χ3v) is 4.11. The Bertz CT molecular complexity index is 715. The molecule has 0 heterocycles. The summed E-state index contributed by atoms with van der Waals surface area (Å²) in [5.74, 6) is -0.169. The molecule has 0 bridgehead atoms. The van der Waals surface area contributed by atoms with E-state index in [9.17, 15) is 9.59 Å². The highest BCUT2D eigenvalue weighted by Crippen LogP contribution is 2.27. The molecule has 1 amide bonds. The van der Waals surface area contributed by atoms with Crippen LogP contribution in [-0.2, 0) is 0 Å². The maximum Gasteiger partial charge on any atom is 0.252 e. The third-order valence-electron chi connectivity index (χ3n) is 3.11. The number of aryl methyl sites for hydroxylation is 1. The van der Waals surface area contributed by atoms with Crippen LogP contribution >= 0.6 is 11.8 Å². The van der Waals surface area contributed by atoms with Crippen molar-refractivity contribution >= 4 is 22.8 Å². The predicted molar refractivity (Wildman–Crippen MR) is 95.0 cm³/mol. The molecular formula is C19H21NO2S. The fourth-order valence-electron chi connectivity index (χ4n) is 2.00. The molecule has 0 saturated heterocycles. The Morgan fingerprint density at radius 1 is 0.957 bits per heavy atom. The molecule has 0 aromatic heterocycles. The molecule has 23 heavy (non-hydrogen) atoms. The van der Waals surface area contributed by atoms with E-state index in [1.54, 1.807) is 18.2 Å². The quantitative estimate of drug-likeness (QED) is 0.847. The summed E-state index contributed by atoms with van der Waals surface area (Å²) in [6.07, 6.45) is 0. The predicted octanol–water partition coefficient (Wildman–Crippen LogP) is 4.46. The van der Waals surface area contributed by atoms with Gasteiger partial charge in [-0.05, 0) is 51.6 Å². The standard InChI is InChI=1S/C19H21NO2S/c1-13-9-11-14(12-10-13)18(22)23-16-8-6-5-7-15(16)17(21)20-19(2,3)4/h5-12H,1-4H3,(H,20,21). The minimum Gasteiger partial charge on any atom is -0.347 e. The summed E-state index contributed by atoms with van der Waals surface area (Å²) in [6.45, 7) is 7.77. The number of carbonyl (C=O) groups is 2. The fraction of sp³-hybridized carbons (Fsp3) is 0.263. The average molecular weight is 327 g/mol. The van der Waals surface area contributed by atoms with Crippen molar-refractivity contribution in [3.05, 3.63) is 65.2 Å². The van der Waals surface area contributed by atoms with Crippen LogP contribution in [0, 0.1) is 6.92 Å². The van der Waals surface area contributed by atoms with Gasteiger partial charge in [-0.2, -0.15) is 0 Å². The van der Waals surface area contributed by atoms with Crippen LogP contribution < -0.4 is 5.32 Å². The van der Waals surface area contributed by atoms with E-state index in [-0.39, 0.29) is 16.6 Å². The molecule has 2 aromatic rings. The molecule has 1 N–H and O–H groups in total. The van der Waals surface area contributed by atoms with Crippen molar-refractivity contribution in [3.63, 3.8) is 0 Å². The number of hydrogen-bond acceptors (Lipinski definition) is 3. The second-order valence-electron chi connectivity index (χ2n) is 6.46. The molecule has 0 aliphatic rings. The zero-order chi connectivity index (χ0) is 17.0. The molecule has 0 saturated carbocycles. The second-order valence-corrected chi connectivity index (χ2v) is 7.47. The molecule has 3 nitrogen and oxygen atoms in total. The van der Waals surface area contributed by atoms with Crippen LogP contribution in [-0.4, -0.2) is 16.6 Å². The van der Waals surface area contributed by atoms with Gasteiger partial charge in [0.25, 0.3) is 5.91 Å². The molecule has 0 radical (unpaired) electrons. The third kappa shape index (κ3) is 4.96. The topological polar surface area (TPSA) is 46.2 Å². The highest BCUT2D eigenvalue weighted by molar-refractivity contribution is 8.14. The minimum atomic E-state index is -0.324. The summed E-state index contributed by atoms with van der Waals surface area (Å²) in [4.78, 5) is 25.5. The summed E-state index contributed by atoms with van der Waals surface area (Å²) in [5, 5.41) is 2.86. The van der Waals surface area contributed by atoms with E-state index in [0.29, 0.717) is 16.0 Å². The summed E-state index contributed by atoms with van der Waals surface area (Å²) in [6, 6.07) is 14.6. The summed E-state index contributed by atoms with van der Waals surface area (Å²) < 4.78 is 0. The number of amides is 1. The Morgan fingerprint density at radius 2 is 1.57 bits per heavy atom. The monoisotopic (exact) mass is 327 g/mol. The molecule has 0 unspecified atom stereocenters. The number of hydrogen-bond donors (Lipinski definition) is 1. The number of carbonyl (C=O) groups excluding carboxylic acids is 2. The van der Waals surface area contributed by atoms with E-state index >= 15 is 0 Å². The van der Waals surface area contributed by atoms with Gasteiger partial charge in [0, 0.05) is 16.0 Å². The van der Waals surface area contributed by atoms with Gasteiger partial charge in [-0.25, -0.2) is 0 Å². The number of benzene rings is 2. The van der Waals surface area contributed by atoms with Crippen LogP contribution in [0.2, 0.25) is 0 Å². The zero-order valence-corrected chi connectivity index (χ0v) is 14.7. The van der Waals surface area contributed by atoms with E-state index < -0.39 is 0 Å². The first-order valence-corrected chi connectivity index (χ1v) is 8.28. The van der Waals surface area contributed by atoms with Gasteiger partial charge in [0.2, 0.25) is 5.12 Å². The number of rotatable bonds is 3. The Morgan fingerprint density at radius 3 is 2.17 bits per heavy atom. The van der Waals surface area contributed by atoms with Crippen molar-refractivity contribution in [3.8, 4) is 0 Å². The fourth-order valence-corrected chi connectivity index (χ4v) is 2.87. The van der Waals surface area contributed by atoms with Gasteiger partial charge in [0.1, 0.15) is 0 Å². The van der Waals surface area contributed by atoms with E-state index in [0.717, 1.165) is 17.3 Å². The van der Waals surface area contributed by atoms with E-state index in [1.807, 2.05) is 58.0 Å². The Balaban J connectivity index is 2.22. The molecule has 2 rings (SSSR count). The molecule has 0 spiro atoms. The van der Waals surface area contributed by atoms with Crippen molar-refractivity contribution in [2.45, 2.75) is 38.1 Å². The van der Waals surface area contributed by atoms with Gasteiger partial charge in [-0.3, -0.25) is 9.59 Å². The highest BCUT2D eigenvalue weighted by Gasteiger charge is 2.19. The Hall–Kier alpha value is -2.07. The van der Waals surface area contributed by atoms with Crippen molar-refractivity contribution in [1.82, 2.24) is 5.32 Å². The molecule has 0 fully saturated rings. The first-order chi connectivity index (χ1) is 10.8. The van der Waals surface area contributed by atoms with Gasteiger partial charge >= 0.3 is 0 Å². The molecule has 4 heteroatoms. The Kier molecular flexibility index (Phi) is 5.26. The lowest BCUT2D eigenvalue weighted by Gasteiger charge is -2.21. The summed E-state index contributed by atoms with van der Waals surface area (Å²) in [5.41, 5.74) is 1.94. The van der Waals surface area contributed by atoms with Gasteiger partial charge in [0.05, 0.1) is 5.56 Å². The Labute approximate surface area is 141 Å². The van der Waals surface area contributed by atoms with Crippen molar-refractivity contribution < 1.29 is 9.59 Å². The molecule has 120 valence electrons. The van der Waals surface area contributed by atoms with Crippen LogP contribution in [0.15, 0.2) is 53.4 Å². The minimum absolute atomic E-state index is 0.0685. The van der Waals surface area contributed by atoms with E-state index in [4.69, 9.17) is 0 Å². The molecule has 2 aromatic carbocycles.